The molecule has 82 valence electrons. The van der Waals surface area contributed by atoms with Gasteiger partial charge in [0.05, 0.1) is 0 Å². The van der Waals surface area contributed by atoms with E-state index in [0.717, 1.165) is 16.6 Å². The third-order valence-corrected chi connectivity index (χ3v) is 2.91. The topological polar surface area (TPSA) is 29.9 Å². The van der Waals surface area contributed by atoms with Crippen LogP contribution in [0.2, 0.25) is 0 Å². The summed E-state index contributed by atoms with van der Waals surface area (Å²) in [5.41, 5.74) is 2.14. The number of nitrogen functional groups attached to an aromatic ring is 1. The maximum atomic E-state index is 6.04. The minimum absolute atomic E-state index is 1.02. The van der Waals surface area contributed by atoms with Crippen molar-refractivity contribution >= 4 is 10.8 Å². The lowest BCUT2D eigenvalue weighted by molar-refractivity contribution is -0.626. The molecule has 0 fully saturated rings. The Morgan fingerprint density at radius 3 is 2.18 bits per heavy atom. The van der Waals surface area contributed by atoms with Crippen molar-refractivity contribution in [3.8, 4) is 11.3 Å². The van der Waals surface area contributed by atoms with E-state index in [4.69, 9.17) is 5.84 Å². The van der Waals surface area contributed by atoms with E-state index in [1.165, 1.54) is 5.39 Å². The molecule has 0 bridgehead atoms. The summed E-state index contributed by atoms with van der Waals surface area (Å²) in [6, 6.07) is 20.5. The molecule has 0 aliphatic carbocycles. The van der Waals surface area contributed by atoms with Crippen molar-refractivity contribution in [2.24, 2.45) is 0 Å². The van der Waals surface area contributed by atoms with Crippen LogP contribution in [0, 0.1) is 0 Å². The van der Waals surface area contributed by atoms with Gasteiger partial charge in [-0.05, 0) is 23.6 Å². The summed E-state index contributed by atoms with van der Waals surface area (Å²) in [6.45, 7) is 0. The van der Waals surface area contributed by atoms with Gasteiger partial charge in [-0.15, -0.1) is 0 Å². The highest BCUT2D eigenvalue weighted by molar-refractivity contribution is 5.83. The molecule has 0 saturated heterocycles. The molecule has 0 radical (unpaired) electrons. The molecular formula is C15H13N2+. The zero-order valence-electron chi connectivity index (χ0n) is 9.38. The minimum Gasteiger partial charge on any atom is -0.205 e. The molecule has 2 aromatic carbocycles. The largest absolute Gasteiger partial charge is 0.242 e. The van der Waals surface area contributed by atoms with Gasteiger partial charge < -0.3 is 0 Å². The van der Waals surface area contributed by atoms with Crippen LogP contribution in [0.4, 0.5) is 0 Å². The zero-order chi connectivity index (χ0) is 11.7. The molecule has 0 aliphatic rings. The summed E-state index contributed by atoms with van der Waals surface area (Å²) in [5.74, 6) is 6.04. The normalized spacial score (nSPS) is 10.6. The summed E-state index contributed by atoms with van der Waals surface area (Å²) < 4.78 is 1.68. The zero-order valence-corrected chi connectivity index (χ0v) is 9.38. The first kappa shape index (κ1) is 9.85. The number of fused-ring (bicyclic) bond motifs is 1. The number of aromatic nitrogens is 1. The molecule has 1 aromatic heterocycles. The van der Waals surface area contributed by atoms with Gasteiger partial charge in [-0.3, -0.25) is 0 Å². The van der Waals surface area contributed by atoms with Crippen molar-refractivity contribution in [2.45, 2.75) is 0 Å². The highest BCUT2D eigenvalue weighted by Crippen LogP contribution is 2.19. The van der Waals surface area contributed by atoms with Crippen molar-refractivity contribution in [1.82, 2.24) is 0 Å². The third kappa shape index (κ3) is 1.74. The van der Waals surface area contributed by atoms with E-state index in [1.807, 2.05) is 36.5 Å². The van der Waals surface area contributed by atoms with Gasteiger partial charge in [0.15, 0.2) is 0 Å². The number of hydrogen-bond donors (Lipinski definition) is 1. The molecule has 2 nitrogen and oxygen atoms in total. The van der Waals surface area contributed by atoms with Gasteiger partial charge in [0.1, 0.15) is 0 Å². The summed E-state index contributed by atoms with van der Waals surface area (Å²) in [5, 5.41) is 2.35. The highest BCUT2D eigenvalue weighted by Gasteiger charge is 2.11. The first-order valence-electron chi connectivity index (χ1n) is 5.59. The average Bonchev–Trinajstić information content (AvgIpc) is 2.39. The van der Waals surface area contributed by atoms with Gasteiger partial charge >= 0.3 is 0 Å². The Morgan fingerprint density at radius 2 is 1.41 bits per heavy atom. The van der Waals surface area contributed by atoms with Gasteiger partial charge in [0, 0.05) is 17.0 Å². The monoisotopic (exact) mass is 221 g/mol. The summed E-state index contributed by atoms with van der Waals surface area (Å²) in [6.07, 6.45) is 1.96. The van der Waals surface area contributed by atoms with E-state index in [0.29, 0.717) is 0 Å². The molecule has 0 saturated carbocycles. The van der Waals surface area contributed by atoms with Crippen LogP contribution < -0.4 is 10.5 Å². The Hall–Kier alpha value is -2.35. The van der Waals surface area contributed by atoms with Crippen molar-refractivity contribution in [3.05, 3.63) is 66.9 Å². The molecule has 0 atom stereocenters. The minimum atomic E-state index is 1.02. The smallest absolute Gasteiger partial charge is 0.205 e. The average molecular weight is 221 g/mol. The number of nitrogens with two attached hydrogens (primary N) is 1. The van der Waals surface area contributed by atoms with Crippen molar-refractivity contribution in [2.75, 3.05) is 5.84 Å². The fourth-order valence-corrected chi connectivity index (χ4v) is 2.04. The maximum Gasteiger partial charge on any atom is 0.242 e. The summed E-state index contributed by atoms with van der Waals surface area (Å²) in [4.78, 5) is 0. The lowest BCUT2D eigenvalue weighted by Crippen LogP contribution is -2.46. The van der Waals surface area contributed by atoms with Crippen molar-refractivity contribution in [1.29, 1.82) is 0 Å². The second-order valence-electron chi connectivity index (χ2n) is 4.06. The number of pyridine rings is 1. The molecule has 0 spiro atoms. The number of rotatable bonds is 1. The Morgan fingerprint density at radius 1 is 0.765 bits per heavy atom. The van der Waals surface area contributed by atoms with E-state index in [-0.39, 0.29) is 0 Å². The molecule has 2 N–H and O–H groups in total. The highest BCUT2D eigenvalue weighted by atomic mass is 15.3. The van der Waals surface area contributed by atoms with Crippen LogP contribution in [0.15, 0.2) is 66.9 Å². The second kappa shape index (κ2) is 3.91. The van der Waals surface area contributed by atoms with Gasteiger partial charge in [0.2, 0.25) is 11.9 Å². The van der Waals surface area contributed by atoms with Gasteiger partial charge in [-0.2, -0.15) is 0 Å². The number of benzene rings is 2. The van der Waals surface area contributed by atoms with Crippen LogP contribution in [0.3, 0.4) is 0 Å². The van der Waals surface area contributed by atoms with Crippen LogP contribution in [-0.2, 0) is 0 Å². The maximum absolute atomic E-state index is 6.04. The van der Waals surface area contributed by atoms with Crippen LogP contribution in [0.1, 0.15) is 0 Å². The molecule has 3 aromatic rings. The first-order chi connectivity index (χ1) is 8.34. The van der Waals surface area contributed by atoms with Crippen LogP contribution in [0.25, 0.3) is 22.0 Å². The van der Waals surface area contributed by atoms with Gasteiger partial charge in [0.25, 0.3) is 0 Å². The first-order valence-corrected chi connectivity index (χ1v) is 5.59. The predicted molar refractivity (Wildman–Crippen MR) is 69.7 cm³/mol. The van der Waals surface area contributed by atoms with E-state index < -0.39 is 0 Å². The standard InChI is InChI=1S/C15H13N2/c16-17-11-14-9-5-4-8-13(14)10-15(17)12-6-2-1-3-7-12/h1-11H,16H2/q+1. The lowest BCUT2D eigenvalue weighted by Gasteiger charge is -2.01. The third-order valence-electron chi connectivity index (χ3n) is 2.91. The lowest BCUT2D eigenvalue weighted by atomic mass is 10.1. The summed E-state index contributed by atoms with van der Waals surface area (Å²) in [7, 11) is 0. The van der Waals surface area contributed by atoms with Crippen LogP contribution in [-0.4, -0.2) is 0 Å². The molecule has 0 aliphatic heterocycles. The molecule has 0 unspecified atom stereocenters. The van der Waals surface area contributed by atoms with Crippen LogP contribution in [0.5, 0.6) is 0 Å². The van der Waals surface area contributed by atoms with Crippen molar-refractivity contribution < 1.29 is 4.68 Å². The van der Waals surface area contributed by atoms with Crippen molar-refractivity contribution in [3.63, 3.8) is 0 Å². The SMILES string of the molecule is N[n+]1cc2ccccc2cc1-c1ccccc1. The molecule has 0 amide bonds. The Balaban J connectivity index is 2.27. The molecule has 17 heavy (non-hydrogen) atoms. The van der Waals surface area contributed by atoms with E-state index >= 15 is 0 Å². The Kier molecular flexibility index (Phi) is 2.26. The summed E-state index contributed by atoms with van der Waals surface area (Å²) >= 11 is 0. The molecule has 3 rings (SSSR count). The molecule has 2 heteroatoms. The quantitative estimate of drug-likeness (QED) is 0.496. The Labute approximate surface area is 99.9 Å². The molecular weight excluding hydrogens is 208 g/mol. The predicted octanol–water partition coefficient (Wildman–Crippen LogP) is 2.51. The van der Waals surface area contributed by atoms with Gasteiger partial charge in [-0.25, -0.2) is 5.84 Å². The second-order valence-corrected chi connectivity index (χ2v) is 4.06. The number of nitrogens with zero attached hydrogens (tertiary/aromatic N) is 1. The Bertz CT molecular complexity index is 660. The fourth-order valence-electron chi connectivity index (χ4n) is 2.04. The molecule has 1 heterocycles. The van der Waals surface area contributed by atoms with E-state index in [9.17, 15) is 0 Å². The van der Waals surface area contributed by atoms with Crippen LogP contribution >= 0.6 is 0 Å². The van der Waals surface area contributed by atoms with E-state index in [2.05, 4.69) is 30.3 Å². The fraction of sp³-hybridized carbons (Fsp3) is 0. The van der Waals surface area contributed by atoms with E-state index in [1.54, 1.807) is 4.68 Å². The van der Waals surface area contributed by atoms with Gasteiger partial charge in [-0.1, -0.05) is 41.1 Å². The number of hydrogen-bond acceptors (Lipinski definition) is 1.